The predicted molar refractivity (Wildman–Crippen MR) is 241 cm³/mol. The summed E-state index contributed by atoms with van der Waals surface area (Å²) < 4.78 is 0. The van der Waals surface area contributed by atoms with Gasteiger partial charge >= 0.3 is 11.9 Å². The van der Waals surface area contributed by atoms with Crippen molar-refractivity contribution in [3.8, 4) is 0 Å². The molecule has 1 aliphatic rings. The summed E-state index contributed by atoms with van der Waals surface area (Å²) in [5, 5.41) is 42.8. The Bertz CT molecular complexity index is 2090. The van der Waals surface area contributed by atoms with Crippen molar-refractivity contribution in [1.29, 1.82) is 5.41 Å². The van der Waals surface area contributed by atoms with Gasteiger partial charge < -0.3 is 86.0 Å². The number of primary amides is 3. The molecule has 0 aromatic carbocycles. The summed E-state index contributed by atoms with van der Waals surface area (Å²) in [4.78, 5) is 163. The van der Waals surface area contributed by atoms with Crippen molar-refractivity contribution in [2.45, 2.75) is 133 Å². The van der Waals surface area contributed by atoms with Gasteiger partial charge in [0.2, 0.25) is 59.1 Å². The number of carboxylic acids is 2. The highest BCUT2D eigenvalue weighted by Crippen LogP contribution is 2.20. The summed E-state index contributed by atoms with van der Waals surface area (Å²) in [5.41, 5.74) is 27.3. The highest BCUT2D eigenvalue weighted by Gasteiger charge is 2.41. The van der Waals surface area contributed by atoms with Gasteiger partial charge in [0.25, 0.3) is 0 Å². The van der Waals surface area contributed by atoms with Gasteiger partial charge in [-0.05, 0) is 38.0 Å². The molecule has 0 saturated carbocycles. The third-order valence-electron chi connectivity index (χ3n) is 10.9. The van der Waals surface area contributed by atoms with Crippen LogP contribution in [0.25, 0.3) is 0 Å². The monoisotopic (exact) mass is 992 g/mol. The first-order valence-corrected chi connectivity index (χ1v) is 22.1. The Morgan fingerprint density at radius 3 is 1.90 bits per heavy atom. The van der Waals surface area contributed by atoms with Crippen LogP contribution in [0.15, 0.2) is 12.5 Å². The molecule has 0 unspecified atom stereocenters. The van der Waals surface area contributed by atoms with Crippen LogP contribution in [-0.4, -0.2) is 163 Å². The predicted octanol–water partition coefficient (Wildman–Crippen LogP) is -6.94. The molecule has 0 bridgehead atoms. The zero-order chi connectivity index (χ0) is 52.8. The van der Waals surface area contributed by atoms with E-state index in [2.05, 4.69) is 47.2 Å². The molecule has 10 amide bonds. The minimum absolute atomic E-state index is 0.0189. The van der Waals surface area contributed by atoms with Crippen LogP contribution in [-0.2, 0) is 64.0 Å². The number of aromatic amines is 1. The Morgan fingerprint density at radius 2 is 1.34 bits per heavy atom. The van der Waals surface area contributed by atoms with E-state index in [1.807, 2.05) is 0 Å². The lowest BCUT2D eigenvalue weighted by Crippen LogP contribution is -2.61. The summed E-state index contributed by atoms with van der Waals surface area (Å²) in [6.07, 6.45) is -0.514. The lowest BCUT2D eigenvalue weighted by molar-refractivity contribution is -0.144. The summed E-state index contributed by atoms with van der Waals surface area (Å²) in [7, 11) is 0. The maximum absolute atomic E-state index is 14.1. The first-order valence-electron chi connectivity index (χ1n) is 22.1. The highest BCUT2D eigenvalue weighted by molar-refractivity contribution is 6.00. The first kappa shape index (κ1) is 58.2. The number of carboxylic acid groups (broad SMARTS) is 2. The van der Waals surface area contributed by atoms with Gasteiger partial charge in [-0.2, -0.15) is 0 Å². The fourth-order valence-corrected chi connectivity index (χ4v) is 7.07. The molecular weight excluding hydrogens is 929 g/mol. The minimum Gasteiger partial charge on any atom is -0.481 e. The molecule has 1 aromatic rings. The maximum Gasteiger partial charge on any atom is 0.326 e. The number of likely N-dealkylation sites (tertiary alicyclic amines) is 1. The molecule has 70 heavy (non-hydrogen) atoms. The molecule has 2 heterocycles. The Balaban J connectivity index is 2.35. The van der Waals surface area contributed by atoms with E-state index in [9.17, 15) is 62.6 Å². The van der Waals surface area contributed by atoms with Crippen LogP contribution in [0.3, 0.4) is 0 Å². The van der Waals surface area contributed by atoms with Gasteiger partial charge in [-0.25, -0.2) is 9.78 Å². The van der Waals surface area contributed by atoms with Crippen molar-refractivity contribution in [1.82, 2.24) is 52.1 Å². The summed E-state index contributed by atoms with van der Waals surface area (Å²) in [6, 6.07) is -12.6. The molecule has 21 N–H and O–H groups in total. The standard InChI is InChI=1S/C40H64N16O14/c1-3-18(2)31(37(67)51-22(39(69)70)6-4-10-48-40(45)46)55-33(63)21(8-9-27(42)57)50-36(66)26-7-5-11-56(26)38(68)25(15-29(44)59)54-35(65)24(14-28(43)58)53-34(64)23(12-19-16-47-17-49-19)52-32(62)20(41)13-30(60)61/h16-18,20-26,31H,3-15,41H2,1-2H3,(H2,42,57)(H2,43,58)(H2,44,59)(H,47,49)(H,50,66)(H,51,67)(H,52,62)(H,53,64)(H,54,65)(H,55,63)(H,60,61)(H,69,70)(H4,45,46,48)/t18-,20-,21-,22-,23-,24-,25-,26-,31-/m0/s1. The van der Waals surface area contributed by atoms with Crippen LogP contribution in [0.2, 0.25) is 0 Å². The average molecular weight is 993 g/mol. The number of H-pyrrole nitrogens is 1. The van der Waals surface area contributed by atoms with Gasteiger partial charge in [-0.1, -0.05) is 20.3 Å². The van der Waals surface area contributed by atoms with Gasteiger partial charge in [-0.15, -0.1) is 0 Å². The van der Waals surface area contributed by atoms with E-state index < -0.39 is 157 Å². The number of nitrogens with one attached hydrogen (secondary N) is 9. The smallest absolute Gasteiger partial charge is 0.326 e. The number of hydrogen-bond acceptors (Lipinski definition) is 15. The second-order valence-corrected chi connectivity index (χ2v) is 16.5. The van der Waals surface area contributed by atoms with Crippen LogP contribution >= 0.6 is 0 Å². The normalized spacial score (nSPS) is 16.5. The topological polar surface area (TPSA) is 515 Å². The van der Waals surface area contributed by atoms with Crippen molar-refractivity contribution in [3.05, 3.63) is 18.2 Å². The second-order valence-electron chi connectivity index (χ2n) is 16.5. The van der Waals surface area contributed by atoms with Gasteiger partial charge in [0.15, 0.2) is 5.96 Å². The molecule has 1 aromatic heterocycles. The Labute approximate surface area is 400 Å². The Kier molecular flexibility index (Phi) is 23.6. The van der Waals surface area contributed by atoms with E-state index in [1.165, 1.54) is 12.5 Å². The van der Waals surface area contributed by atoms with Crippen molar-refractivity contribution in [2.75, 3.05) is 13.1 Å². The average Bonchev–Trinajstić information content (AvgIpc) is 3.99. The number of guanidine groups is 1. The number of hydrogen-bond donors (Lipinski definition) is 16. The van der Waals surface area contributed by atoms with E-state index in [-0.39, 0.29) is 56.8 Å². The molecule has 0 radical (unpaired) electrons. The molecule has 2 rings (SSSR count). The SMILES string of the molecule is CC[C@H](C)[C@H](NC(=O)[C@H](CCC(N)=O)NC(=O)[C@@H]1CCCN1C(=O)[C@H](CC(N)=O)NC(=O)[C@H](CC(N)=O)NC(=O)[C@H](Cc1c[nH]cn1)NC(=O)[C@@H](N)CC(=O)O)C(=O)N[C@@H](CCCNC(=N)N)C(=O)O. The summed E-state index contributed by atoms with van der Waals surface area (Å²) >= 11 is 0. The number of rotatable bonds is 31. The number of carbonyl (C=O) groups excluding carboxylic acids is 10. The Morgan fingerprint density at radius 1 is 0.757 bits per heavy atom. The quantitative estimate of drug-likeness (QED) is 0.0187. The number of amides is 10. The number of aromatic nitrogens is 2. The fourth-order valence-electron chi connectivity index (χ4n) is 7.07. The van der Waals surface area contributed by atoms with Gasteiger partial charge in [0.1, 0.15) is 42.3 Å². The lowest BCUT2D eigenvalue weighted by atomic mass is 9.96. The zero-order valence-corrected chi connectivity index (χ0v) is 38.6. The molecule has 388 valence electrons. The van der Waals surface area contributed by atoms with E-state index in [1.54, 1.807) is 13.8 Å². The number of carbonyl (C=O) groups is 12. The van der Waals surface area contributed by atoms with E-state index in [0.717, 1.165) is 4.90 Å². The number of nitrogens with zero attached hydrogens (tertiary/aromatic N) is 2. The van der Waals surface area contributed by atoms with Crippen molar-refractivity contribution >= 4 is 77.0 Å². The van der Waals surface area contributed by atoms with E-state index in [4.69, 9.17) is 39.2 Å². The van der Waals surface area contributed by atoms with Crippen molar-refractivity contribution in [2.24, 2.45) is 34.6 Å². The van der Waals surface area contributed by atoms with Gasteiger partial charge in [-0.3, -0.25) is 58.1 Å². The number of nitrogens with two attached hydrogens (primary N) is 5. The molecule has 9 atom stereocenters. The molecule has 30 nitrogen and oxygen atoms in total. The highest BCUT2D eigenvalue weighted by atomic mass is 16.4. The molecule has 1 saturated heterocycles. The number of aliphatic carboxylic acids is 2. The number of imidazole rings is 1. The molecule has 0 spiro atoms. The van der Waals surface area contributed by atoms with Gasteiger partial charge in [0, 0.05) is 32.1 Å². The maximum atomic E-state index is 14.1. The van der Waals surface area contributed by atoms with E-state index in [0.29, 0.717) is 6.42 Å². The second kappa shape index (κ2) is 28.4. The fraction of sp³-hybridized carbons (Fsp3) is 0.600. The molecule has 1 fully saturated rings. The first-order chi connectivity index (χ1) is 32.8. The molecule has 30 heteroatoms. The minimum atomic E-state index is -1.87. The van der Waals surface area contributed by atoms with Gasteiger partial charge in [0.05, 0.1) is 37.3 Å². The van der Waals surface area contributed by atoms with Crippen LogP contribution in [0.5, 0.6) is 0 Å². The largest absolute Gasteiger partial charge is 0.481 e. The Hall–Kier alpha value is -7.92. The third-order valence-corrected chi connectivity index (χ3v) is 10.9. The molecular formula is C40H64N16O14. The van der Waals surface area contributed by atoms with Crippen LogP contribution < -0.4 is 65.9 Å². The molecule has 1 aliphatic heterocycles. The summed E-state index contributed by atoms with van der Waals surface area (Å²) in [5.74, 6) is -14.1. The van der Waals surface area contributed by atoms with Crippen LogP contribution in [0, 0.1) is 11.3 Å². The van der Waals surface area contributed by atoms with Crippen molar-refractivity contribution < 1.29 is 67.7 Å². The summed E-state index contributed by atoms with van der Waals surface area (Å²) in [6.45, 7) is 3.31. The molecule has 0 aliphatic carbocycles. The van der Waals surface area contributed by atoms with Crippen LogP contribution in [0.4, 0.5) is 0 Å². The van der Waals surface area contributed by atoms with Crippen molar-refractivity contribution in [3.63, 3.8) is 0 Å². The van der Waals surface area contributed by atoms with E-state index >= 15 is 0 Å². The third kappa shape index (κ3) is 19.7. The lowest BCUT2D eigenvalue weighted by Gasteiger charge is -2.31. The zero-order valence-electron chi connectivity index (χ0n) is 38.6. The van der Waals surface area contributed by atoms with Crippen LogP contribution in [0.1, 0.15) is 83.7 Å².